The lowest BCUT2D eigenvalue weighted by Crippen LogP contribution is -2.45. The van der Waals surface area contributed by atoms with Crippen LogP contribution in [0.2, 0.25) is 0 Å². The molecule has 0 radical (unpaired) electrons. The highest BCUT2D eigenvalue weighted by Crippen LogP contribution is 2.31. The maximum atomic E-state index is 5.88. The Hall–Kier alpha value is -0.120. The first-order valence-electron chi connectivity index (χ1n) is 6.58. The van der Waals surface area contributed by atoms with Gasteiger partial charge in [0, 0.05) is 26.3 Å². The van der Waals surface area contributed by atoms with Crippen molar-refractivity contribution in [1.82, 2.24) is 4.90 Å². The predicted octanol–water partition coefficient (Wildman–Crippen LogP) is 1.72. The highest BCUT2D eigenvalue weighted by molar-refractivity contribution is 4.85. The van der Waals surface area contributed by atoms with Crippen molar-refractivity contribution in [2.45, 2.75) is 38.6 Å². The first-order chi connectivity index (χ1) is 7.69. The van der Waals surface area contributed by atoms with Crippen molar-refractivity contribution in [3.05, 3.63) is 0 Å². The molecule has 0 spiro atoms. The van der Waals surface area contributed by atoms with E-state index in [1.165, 1.54) is 19.3 Å². The van der Waals surface area contributed by atoms with Gasteiger partial charge in [-0.05, 0) is 44.7 Å². The second-order valence-corrected chi connectivity index (χ2v) is 5.31. The van der Waals surface area contributed by atoms with Crippen molar-refractivity contribution in [3.8, 4) is 0 Å². The Morgan fingerprint density at radius 1 is 1.38 bits per heavy atom. The normalized spacial score (nSPS) is 30.9. The number of rotatable bonds is 6. The second-order valence-electron chi connectivity index (χ2n) is 5.31. The van der Waals surface area contributed by atoms with Crippen LogP contribution in [0.1, 0.15) is 32.6 Å². The van der Waals surface area contributed by atoms with Crippen LogP contribution >= 0.6 is 0 Å². The first kappa shape index (κ1) is 13.9. The highest BCUT2D eigenvalue weighted by Gasteiger charge is 2.30. The van der Waals surface area contributed by atoms with Crippen LogP contribution in [-0.2, 0) is 4.74 Å². The summed E-state index contributed by atoms with van der Waals surface area (Å²) >= 11 is 0. The lowest BCUT2D eigenvalue weighted by Gasteiger charge is -2.40. The maximum Gasteiger partial charge on any atom is 0.0474 e. The molecule has 0 heterocycles. The Balaban J connectivity index is 2.39. The zero-order valence-electron chi connectivity index (χ0n) is 11.1. The van der Waals surface area contributed by atoms with Gasteiger partial charge in [-0.2, -0.15) is 0 Å². The molecule has 0 amide bonds. The van der Waals surface area contributed by atoms with E-state index in [-0.39, 0.29) is 0 Å². The molecule has 3 atom stereocenters. The van der Waals surface area contributed by atoms with Gasteiger partial charge in [0.05, 0.1) is 0 Å². The first-order valence-corrected chi connectivity index (χ1v) is 6.58. The number of methoxy groups -OCH3 is 1. The van der Waals surface area contributed by atoms with Crippen molar-refractivity contribution in [2.24, 2.45) is 17.6 Å². The molecule has 0 aromatic heterocycles. The molecule has 2 N–H and O–H groups in total. The van der Waals surface area contributed by atoms with E-state index < -0.39 is 0 Å². The number of ether oxygens (including phenoxy) is 1. The van der Waals surface area contributed by atoms with Crippen LogP contribution in [0.5, 0.6) is 0 Å². The molecule has 0 aromatic carbocycles. The molecule has 0 aliphatic heterocycles. The Labute approximate surface area is 100 Å². The molecule has 3 unspecified atom stereocenters. The van der Waals surface area contributed by atoms with Gasteiger partial charge in [0.25, 0.3) is 0 Å². The van der Waals surface area contributed by atoms with Gasteiger partial charge in [0.15, 0.2) is 0 Å². The van der Waals surface area contributed by atoms with Crippen LogP contribution in [0.15, 0.2) is 0 Å². The number of nitrogens with zero attached hydrogens (tertiary/aromatic N) is 1. The molecule has 1 fully saturated rings. The van der Waals surface area contributed by atoms with Gasteiger partial charge < -0.3 is 15.4 Å². The summed E-state index contributed by atoms with van der Waals surface area (Å²) in [6.07, 6.45) is 5.09. The summed E-state index contributed by atoms with van der Waals surface area (Å²) in [6.45, 7) is 5.19. The minimum atomic E-state index is 0.686. The Morgan fingerprint density at radius 2 is 2.12 bits per heavy atom. The molecule has 1 aliphatic carbocycles. The van der Waals surface area contributed by atoms with Crippen LogP contribution in [0, 0.1) is 11.8 Å². The van der Waals surface area contributed by atoms with E-state index in [2.05, 4.69) is 18.9 Å². The summed E-state index contributed by atoms with van der Waals surface area (Å²) in [7, 11) is 4.01. The van der Waals surface area contributed by atoms with Gasteiger partial charge >= 0.3 is 0 Å². The molecule has 0 aromatic rings. The van der Waals surface area contributed by atoms with Crippen molar-refractivity contribution < 1.29 is 4.74 Å². The van der Waals surface area contributed by atoms with Crippen molar-refractivity contribution >= 4 is 0 Å². The SMILES string of the molecule is COCCCN(C)C1CC(C)CCC1CN. The second kappa shape index (κ2) is 7.25. The van der Waals surface area contributed by atoms with Crippen LogP contribution in [0.25, 0.3) is 0 Å². The standard InChI is InChI=1S/C13H28N2O/c1-11-5-6-12(10-14)13(9-11)15(2)7-4-8-16-3/h11-13H,4-10,14H2,1-3H3. The highest BCUT2D eigenvalue weighted by atomic mass is 16.5. The summed E-state index contributed by atoms with van der Waals surface area (Å²) in [5.74, 6) is 1.56. The Morgan fingerprint density at radius 3 is 2.75 bits per heavy atom. The van der Waals surface area contributed by atoms with Gasteiger partial charge in [-0.15, -0.1) is 0 Å². The summed E-state index contributed by atoms with van der Waals surface area (Å²) in [5.41, 5.74) is 5.88. The van der Waals surface area contributed by atoms with Crippen molar-refractivity contribution in [1.29, 1.82) is 0 Å². The minimum Gasteiger partial charge on any atom is -0.385 e. The molecule has 0 bridgehead atoms. The van der Waals surface area contributed by atoms with E-state index >= 15 is 0 Å². The Kier molecular flexibility index (Phi) is 6.32. The summed E-state index contributed by atoms with van der Waals surface area (Å²) in [4.78, 5) is 2.49. The molecule has 1 saturated carbocycles. The van der Waals surface area contributed by atoms with E-state index in [4.69, 9.17) is 10.5 Å². The number of nitrogens with two attached hydrogens (primary N) is 1. The third-order valence-electron chi connectivity index (χ3n) is 3.95. The lowest BCUT2D eigenvalue weighted by molar-refractivity contribution is 0.0966. The molecule has 96 valence electrons. The third-order valence-corrected chi connectivity index (χ3v) is 3.95. The summed E-state index contributed by atoms with van der Waals surface area (Å²) in [5, 5.41) is 0. The number of hydrogen-bond acceptors (Lipinski definition) is 3. The van der Waals surface area contributed by atoms with E-state index in [0.717, 1.165) is 32.0 Å². The van der Waals surface area contributed by atoms with Crippen LogP contribution < -0.4 is 5.73 Å². The fourth-order valence-electron chi connectivity index (χ4n) is 2.85. The minimum absolute atomic E-state index is 0.686. The fraction of sp³-hybridized carbons (Fsp3) is 1.00. The molecular weight excluding hydrogens is 200 g/mol. The zero-order valence-corrected chi connectivity index (χ0v) is 11.1. The largest absolute Gasteiger partial charge is 0.385 e. The van der Waals surface area contributed by atoms with Crippen molar-refractivity contribution in [3.63, 3.8) is 0 Å². The molecule has 3 nitrogen and oxygen atoms in total. The van der Waals surface area contributed by atoms with Gasteiger partial charge in [0.1, 0.15) is 0 Å². The molecule has 16 heavy (non-hydrogen) atoms. The topological polar surface area (TPSA) is 38.5 Å². The average molecular weight is 228 g/mol. The van der Waals surface area contributed by atoms with Gasteiger partial charge in [-0.3, -0.25) is 0 Å². The number of hydrogen-bond donors (Lipinski definition) is 1. The molecule has 1 aliphatic rings. The van der Waals surface area contributed by atoms with E-state index in [1.807, 2.05) is 0 Å². The van der Waals surface area contributed by atoms with E-state index in [1.54, 1.807) is 7.11 Å². The molecule has 3 heteroatoms. The monoisotopic (exact) mass is 228 g/mol. The van der Waals surface area contributed by atoms with Crippen LogP contribution in [0.3, 0.4) is 0 Å². The smallest absolute Gasteiger partial charge is 0.0474 e. The molecular formula is C13H28N2O. The van der Waals surface area contributed by atoms with E-state index in [0.29, 0.717) is 12.0 Å². The van der Waals surface area contributed by atoms with Gasteiger partial charge in [0.2, 0.25) is 0 Å². The van der Waals surface area contributed by atoms with E-state index in [9.17, 15) is 0 Å². The maximum absolute atomic E-state index is 5.88. The average Bonchev–Trinajstić information content (AvgIpc) is 2.29. The quantitative estimate of drug-likeness (QED) is 0.704. The lowest BCUT2D eigenvalue weighted by atomic mass is 9.78. The van der Waals surface area contributed by atoms with Gasteiger partial charge in [-0.25, -0.2) is 0 Å². The third kappa shape index (κ3) is 4.04. The Bertz CT molecular complexity index is 187. The molecule has 0 saturated heterocycles. The van der Waals surface area contributed by atoms with Crippen molar-refractivity contribution in [2.75, 3.05) is 33.9 Å². The fourth-order valence-corrected chi connectivity index (χ4v) is 2.85. The zero-order chi connectivity index (χ0) is 12.0. The van der Waals surface area contributed by atoms with Crippen LogP contribution in [-0.4, -0.2) is 44.8 Å². The van der Waals surface area contributed by atoms with Crippen LogP contribution in [0.4, 0.5) is 0 Å². The molecule has 1 rings (SSSR count). The predicted molar refractivity (Wildman–Crippen MR) is 68.5 cm³/mol. The van der Waals surface area contributed by atoms with Gasteiger partial charge in [-0.1, -0.05) is 13.3 Å². The summed E-state index contributed by atoms with van der Waals surface area (Å²) < 4.78 is 5.10. The summed E-state index contributed by atoms with van der Waals surface area (Å²) in [6, 6.07) is 0.686.